The Morgan fingerprint density at radius 3 is 2.78 bits per heavy atom. The molecule has 1 atom stereocenters. The van der Waals surface area contributed by atoms with Gasteiger partial charge in [-0.1, -0.05) is 66.2 Å². The van der Waals surface area contributed by atoms with Crippen molar-refractivity contribution in [2.24, 2.45) is 5.92 Å². The number of hydrogen-bond acceptors (Lipinski definition) is 1. The van der Waals surface area contributed by atoms with Gasteiger partial charge in [0.2, 0.25) is 0 Å². The van der Waals surface area contributed by atoms with Crippen LogP contribution in [0, 0.1) is 5.92 Å². The molecule has 1 aromatic carbocycles. The van der Waals surface area contributed by atoms with Gasteiger partial charge in [-0.15, -0.1) is 11.3 Å². The van der Waals surface area contributed by atoms with Crippen molar-refractivity contribution >= 4 is 37.4 Å². The number of rotatable bonds is 3. The molecule has 0 aliphatic heterocycles. The Morgan fingerprint density at radius 2 is 1.94 bits per heavy atom. The molecule has 1 aromatic heterocycles. The SMILES string of the molecule is BrC(CC1CCCCC1)c1csc2ccccc12. The second-order valence-electron chi connectivity index (χ2n) is 5.39. The van der Waals surface area contributed by atoms with Gasteiger partial charge in [0.05, 0.1) is 0 Å². The van der Waals surface area contributed by atoms with Gasteiger partial charge in [-0.3, -0.25) is 0 Å². The summed E-state index contributed by atoms with van der Waals surface area (Å²) in [6.07, 6.45) is 8.50. The van der Waals surface area contributed by atoms with Crippen molar-refractivity contribution in [3.63, 3.8) is 0 Å². The van der Waals surface area contributed by atoms with Crippen LogP contribution in [0.5, 0.6) is 0 Å². The van der Waals surface area contributed by atoms with Crippen LogP contribution in [0.4, 0.5) is 0 Å². The van der Waals surface area contributed by atoms with Crippen LogP contribution in [0.15, 0.2) is 29.6 Å². The molecule has 0 amide bonds. The summed E-state index contributed by atoms with van der Waals surface area (Å²) < 4.78 is 1.42. The van der Waals surface area contributed by atoms with Gasteiger partial charge in [0.1, 0.15) is 0 Å². The summed E-state index contributed by atoms with van der Waals surface area (Å²) in [5.41, 5.74) is 1.50. The van der Waals surface area contributed by atoms with Gasteiger partial charge < -0.3 is 0 Å². The molecule has 2 heteroatoms. The zero-order chi connectivity index (χ0) is 12.4. The number of benzene rings is 1. The van der Waals surface area contributed by atoms with Crippen molar-refractivity contribution in [2.75, 3.05) is 0 Å². The van der Waals surface area contributed by atoms with E-state index in [1.165, 1.54) is 54.2 Å². The fourth-order valence-corrected chi connectivity index (χ4v) is 5.18. The van der Waals surface area contributed by atoms with E-state index in [2.05, 4.69) is 45.6 Å². The first kappa shape index (κ1) is 12.7. The van der Waals surface area contributed by atoms with Gasteiger partial charge in [0.15, 0.2) is 0 Å². The fraction of sp³-hybridized carbons (Fsp3) is 0.500. The van der Waals surface area contributed by atoms with Crippen LogP contribution in [-0.2, 0) is 0 Å². The second kappa shape index (κ2) is 5.75. The highest BCUT2D eigenvalue weighted by Gasteiger charge is 2.20. The molecule has 0 spiro atoms. The lowest BCUT2D eigenvalue weighted by Crippen LogP contribution is -2.08. The fourth-order valence-electron chi connectivity index (χ4n) is 3.08. The Labute approximate surface area is 122 Å². The van der Waals surface area contributed by atoms with Crippen LogP contribution in [0.25, 0.3) is 10.1 Å². The number of hydrogen-bond donors (Lipinski definition) is 0. The van der Waals surface area contributed by atoms with E-state index in [0.717, 1.165) is 5.92 Å². The van der Waals surface area contributed by atoms with Crippen LogP contribution in [0.2, 0.25) is 0 Å². The molecule has 0 N–H and O–H groups in total. The Balaban J connectivity index is 1.76. The van der Waals surface area contributed by atoms with Crippen LogP contribution in [0.1, 0.15) is 48.9 Å². The minimum Gasteiger partial charge on any atom is -0.143 e. The number of halogens is 1. The molecule has 1 aliphatic rings. The van der Waals surface area contributed by atoms with Crippen molar-refractivity contribution < 1.29 is 0 Å². The lowest BCUT2D eigenvalue weighted by Gasteiger charge is -2.23. The van der Waals surface area contributed by atoms with Crippen molar-refractivity contribution in [1.82, 2.24) is 0 Å². The Morgan fingerprint density at radius 1 is 1.17 bits per heavy atom. The minimum absolute atomic E-state index is 0.539. The van der Waals surface area contributed by atoms with Crippen LogP contribution < -0.4 is 0 Å². The summed E-state index contributed by atoms with van der Waals surface area (Å²) in [6.45, 7) is 0. The van der Waals surface area contributed by atoms with Crippen LogP contribution >= 0.6 is 27.3 Å². The molecule has 2 aromatic rings. The molecule has 18 heavy (non-hydrogen) atoms. The van der Waals surface area contributed by atoms with E-state index in [-0.39, 0.29) is 0 Å². The monoisotopic (exact) mass is 322 g/mol. The highest BCUT2D eigenvalue weighted by Crippen LogP contribution is 2.40. The first-order chi connectivity index (χ1) is 8.84. The Kier molecular flexibility index (Phi) is 4.05. The molecule has 1 saturated carbocycles. The zero-order valence-corrected chi connectivity index (χ0v) is 13.0. The minimum atomic E-state index is 0.539. The maximum Gasteiger partial charge on any atom is 0.0412 e. The maximum atomic E-state index is 3.93. The third-order valence-corrected chi connectivity index (χ3v) is 5.96. The normalized spacial score (nSPS) is 19.2. The first-order valence-electron chi connectivity index (χ1n) is 6.95. The van der Waals surface area contributed by atoms with Gasteiger partial charge in [-0.2, -0.15) is 0 Å². The van der Waals surface area contributed by atoms with Crippen LogP contribution in [0.3, 0.4) is 0 Å². The van der Waals surface area contributed by atoms with E-state index in [4.69, 9.17) is 0 Å². The zero-order valence-electron chi connectivity index (χ0n) is 10.6. The molecule has 0 nitrogen and oxygen atoms in total. The largest absolute Gasteiger partial charge is 0.143 e. The lowest BCUT2D eigenvalue weighted by molar-refractivity contribution is 0.339. The van der Waals surface area contributed by atoms with Crippen molar-refractivity contribution in [3.8, 4) is 0 Å². The number of fused-ring (bicyclic) bond motifs is 1. The summed E-state index contributed by atoms with van der Waals surface area (Å²) >= 11 is 5.80. The molecule has 1 fully saturated rings. The first-order valence-corrected chi connectivity index (χ1v) is 8.74. The molecule has 1 heterocycles. The van der Waals surface area contributed by atoms with E-state index in [0.29, 0.717) is 4.83 Å². The topological polar surface area (TPSA) is 0 Å². The molecule has 1 unspecified atom stereocenters. The van der Waals surface area contributed by atoms with E-state index >= 15 is 0 Å². The van der Waals surface area contributed by atoms with E-state index in [1.54, 1.807) is 0 Å². The van der Waals surface area contributed by atoms with Gasteiger partial charge in [0.25, 0.3) is 0 Å². The molecule has 96 valence electrons. The lowest BCUT2D eigenvalue weighted by atomic mass is 9.85. The number of thiophene rings is 1. The summed E-state index contributed by atoms with van der Waals surface area (Å²) in [4.78, 5) is 0.539. The molecular formula is C16H19BrS. The summed E-state index contributed by atoms with van der Waals surface area (Å²) in [5.74, 6) is 0.932. The third kappa shape index (κ3) is 2.65. The maximum absolute atomic E-state index is 3.93. The Bertz CT molecular complexity index is 511. The molecular weight excluding hydrogens is 304 g/mol. The molecule has 1 aliphatic carbocycles. The predicted molar refractivity (Wildman–Crippen MR) is 84.7 cm³/mol. The van der Waals surface area contributed by atoms with Crippen LogP contribution in [-0.4, -0.2) is 0 Å². The van der Waals surface area contributed by atoms with E-state index < -0.39 is 0 Å². The highest BCUT2D eigenvalue weighted by molar-refractivity contribution is 9.09. The summed E-state index contributed by atoms with van der Waals surface area (Å²) in [6, 6.07) is 8.77. The second-order valence-corrected chi connectivity index (χ2v) is 7.41. The van der Waals surface area contributed by atoms with Crippen molar-refractivity contribution in [1.29, 1.82) is 0 Å². The average Bonchev–Trinajstić information content (AvgIpc) is 2.84. The van der Waals surface area contributed by atoms with Crippen molar-refractivity contribution in [2.45, 2.75) is 43.4 Å². The van der Waals surface area contributed by atoms with Crippen molar-refractivity contribution in [3.05, 3.63) is 35.2 Å². The summed E-state index contributed by atoms with van der Waals surface area (Å²) in [5, 5.41) is 3.78. The van der Waals surface area contributed by atoms with Gasteiger partial charge in [0, 0.05) is 9.53 Å². The standard InChI is InChI=1S/C16H19BrS/c17-15(10-12-6-2-1-3-7-12)14-11-18-16-9-5-4-8-13(14)16/h4-5,8-9,11-12,15H,1-3,6-7,10H2. The molecule has 0 bridgehead atoms. The average molecular weight is 323 g/mol. The summed E-state index contributed by atoms with van der Waals surface area (Å²) in [7, 11) is 0. The number of alkyl halides is 1. The molecule has 0 saturated heterocycles. The smallest absolute Gasteiger partial charge is 0.0412 e. The predicted octanol–water partition coefficient (Wildman–Crippen LogP) is 6.31. The quantitative estimate of drug-likeness (QED) is 0.581. The van der Waals surface area contributed by atoms with E-state index in [9.17, 15) is 0 Å². The highest BCUT2D eigenvalue weighted by atomic mass is 79.9. The van der Waals surface area contributed by atoms with E-state index in [1.807, 2.05) is 11.3 Å². The Hall–Kier alpha value is -0.340. The van der Waals surface area contributed by atoms with Gasteiger partial charge in [-0.05, 0) is 34.7 Å². The third-order valence-electron chi connectivity index (χ3n) is 4.11. The van der Waals surface area contributed by atoms with Gasteiger partial charge >= 0.3 is 0 Å². The molecule has 0 radical (unpaired) electrons. The van der Waals surface area contributed by atoms with Gasteiger partial charge in [-0.25, -0.2) is 0 Å². The molecule has 3 rings (SSSR count).